The number of benzene rings is 2. The van der Waals surface area contributed by atoms with Gasteiger partial charge in [0.2, 0.25) is 5.91 Å². The van der Waals surface area contributed by atoms with E-state index in [1.807, 2.05) is 35.2 Å². The fourth-order valence-corrected chi connectivity index (χ4v) is 3.54. The lowest BCUT2D eigenvalue weighted by Crippen LogP contribution is -2.47. The van der Waals surface area contributed by atoms with Gasteiger partial charge in [-0.3, -0.25) is 14.5 Å². The predicted molar refractivity (Wildman–Crippen MR) is 106 cm³/mol. The molecule has 30 heavy (non-hydrogen) atoms. The molecule has 1 heterocycles. The Morgan fingerprint density at radius 3 is 2.20 bits per heavy atom. The van der Waals surface area contributed by atoms with E-state index in [0.717, 1.165) is 12.1 Å². The maximum atomic E-state index is 12.6. The van der Waals surface area contributed by atoms with Crippen LogP contribution < -0.4 is 10.1 Å². The van der Waals surface area contributed by atoms with E-state index in [4.69, 9.17) is 0 Å². The topological polar surface area (TPSA) is 58.6 Å². The second-order valence-corrected chi connectivity index (χ2v) is 7.28. The minimum absolute atomic E-state index is 0.0555. The second-order valence-electron chi connectivity index (χ2n) is 7.28. The number of likely N-dealkylation sites (tertiary alicyclic amines) is 1. The Morgan fingerprint density at radius 1 is 1.03 bits per heavy atom. The molecule has 5 nitrogen and oxygen atoms in total. The standard InChI is InChI=1S/C22H23F3N2O3/c1-15(21(29)26-18-7-9-19(10-8-18)30-22(23,24)25)27-13-11-17(12-14-27)20(28)16-5-3-2-4-6-16/h2-10,15,17H,11-14H2,1H3,(H,26,29). The van der Waals surface area contributed by atoms with E-state index in [-0.39, 0.29) is 23.4 Å². The van der Waals surface area contributed by atoms with E-state index in [1.165, 1.54) is 12.1 Å². The molecule has 0 spiro atoms. The van der Waals surface area contributed by atoms with Crippen molar-refractivity contribution >= 4 is 17.4 Å². The van der Waals surface area contributed by atoms with Gasteiger partial charge in [-0.25, -0.2) is 0 Å². The van der Waals surface area contributed by atoms with Crippen LogP contribution in [-0.4, -0.2) is 42.1 Å². The number of anilines is 1. The Balaban J connectivity index is 1.50. The van der Waals surface area contributed by atoms with Gasteiger partial charge in [0.05, 0.1) is 6.04 Å². The summed E-state index contributed by atoms with van der Waals surface area (Å²) in [5, 5.41) is 2.70. The van der Waals surface area contributed by atoms with E-state index >= 15 is 0 Å². The normalized spacial score (nSPS) is 16.7. The number of alkyl halides is 3. The molecule has 3 rings (SSSR count). The van der Waals surface area contributed by atoms with Crippen LogP contribution in [-0.2, 0) is 4.79 Å². The first-order chi connectivity index (χ1) is 14.2. The number of rotatable bonds is 6. The molecular formula is C22H23F3N2O3. The zero-order chi connectivity index (χ0) is 21.7. The largest absolute Gasteiger partial charge is 0.573 e. The summed E-state index contributed by atoms with van der Waals surface area (Å²) in [6, 6.07) is 13.8. The third kappa shape index (κ3) is 5.82. The molecular weight excluding hydrogens is 397 g/mol. The summed E-state index contributed by atoms with van der Waals surface area (Å²) in [7, 11) is 0. The summed E-state index contributed by atoms with van der Waals surface area (Å²) in [4.78, 5) is 27.1. The van der Waals surface area contributed by atoms with Gasteiger partial charge in [-0.05, 0) is 57.1 Å². The average molecular weight is 420 g/mol. The molecule has 0 aromatic heterocycles. The Morgan fingerprint density at radius 2 is 1.63 bits per heavy atom. The Labute approximate surface area is 172 Å². The molecule has 0 radical (unpaired) electrons. The fourth-order valence-electron chi connectivity index (χ4n) is 3.54. The summed E-state index contributed by atoms with van der Waals surface area (Å²) < 4.78 is 40.5. The monoisotopic (exact) mass is 420 g/mol. The SMILES string of the molecule is CC(C(=O)Nc1ccc(OC(F)(F)F)cc1)N1CCC(C(=O)c2ccccc2)CC1. The molecule has 2 aromatic rings. The number of amides is 1. The highest BCUT2D eigenvalue weighted by Crippen LogP contribution is 2.25. The van der Waals surface area contributed by atoms with Crippen LogP contribution in [0.15, 0.2) is 54.6 Å². The first-order valence-electron chi connectivity index (χ1n) is 9.73. The molecule has 160 valence electrons. The number of ether oxygens (including phenoxy) is 1. The number of Topliss-reactive ketones (excluding diaryl/α,β-unsaturated/α-hetero) is 1. The molecule has 1 saturated heterocycles. The number of carbonyl (C=O) groups excluding carboxylic acids is 2. The van der Waals surface area contributed by atoms with E-state index in [9.17, 15) is 22.8 Å². The molecule has 1 N–H and O–H groups in total. The number of carbonyl (C=O) groups is 2. The van der Waals surface area contributed by atoms with Crippen LogP contribution in [0.25, 0.3) is 0 Å². The number of ketones is 1. The van der Waals surface area contributed by atoms with Crippen molar-refractivity contribution in [2.45, 2.75) is 32.2 Å². The van der Waals surface area contributed by atoms with Crippen LogP contribution >= 0.6 is 0 Å². The van der Waals surface area contributed by atoms with Crippen LogP contribution in [0.4, 0.5) is 18.9 Å². The zero-order valence-electron chi connectivity index (χ0n) is 16.5. The Bertz CT molecular complexity index is 861. The Hall–Kier alpha value is -2.87. The molecule has 0 bridgehead atoms. The fraction of sp³-hybridized carbons (Fsp3) is 0.364. The molecule has 1 fully saturated rings. The highest BCUT2D eigenvalue weighted by molar-refractivity contribution is 5.98. The van der Waals surface area contributed by atoms with Gasteiger partial charge in [-0.2, -0.15) is 0 Å². The minimum atomic E-state index is -4.76. The summed E-state index contributed by atoms with van der Waals surface area (Å²) in [6.45, 7) is 3.02. The van der Waals surface area contributed by atoms with E-state index < -0.39 is 12.4 Å². The van der Waals surface area contributed by atoms with Crippen LogP contribution in [0.3, 0.4) is 0 Å². The zero-order valence-corrected chi connectivity index (χ0v) is 16.5. The summed E-state index contributed by atoms with van der Waals surface area (Å²) >= 11 is 0. The van der Waals surface area contributed by atoms with Crippen LogP contribution in [0, 0.1) is 5.92 Å². The van der Waals surface area contributed by atoms with Gasteiger partial charge >= 0.3 is 6.36 Å². The molecule has 0 saturated carbocycles. The molecule has 1 atom stereocenters. The van der Waals surface area contributed by atoms with Gasteiger partial charge in [0, 0.05) is 17.2 Å². The first-order valence-corrected chi connectivity index (χ1v) is 9.73. The smallest absolute Gasteiger partial charge is 0.406 e. The van der Waals surface area contributed by atoms with Gasteiger partial charge in [0.15, 0.2) is 5.78 Å². The van der Waals surface area contributed by atoms with Gasteiger partial charge in [-0.15, -0.1) is 13.2 Å². The molecule has 1 aliphatic rings. The van der Waals surface area contributed by atoms with Gasteiger partial charge in [0.1, 0.15) is 5.75 Å². The maximum absolute atomic E-state index is 12.6. The number of nitrogens with zero attached hydrogens (tertiary/aromatic N) is 1. The maximum Gasteiger partial charge on any atom is 0.573 e. The van der Waals surface area contributed by atoms with Crippen molar-refractivity contribution in [3.63, 3.8) is 0 Å². The number of piperidine rings is 1. The first kappa shape index (κ1) is 21.8. The number of hydrogen-bond acceptors (Lipinski definition) is 4. The number of nitrogens with one attached hydrogen (secondary N) is 1. The lowest BCUT2D eigenvalue weighted by atomic mass is 9.88. The summed E-state index contributed by atoms with van der Waals surface area (Å²) in [5.74, 6) is -0.528. The van der Waals surface area contributed by atoms with Crippen molar-refractivity contribution in [3.05, 3.63) is 60.2 Å². The van der Waals surface area contributed by atoms with E-state index in [1.54, 1.807) is 6.92 Å². The number of hydrogen-bond donors (Lipinski definition) is 1. The van der Waals surface area contributed by atoms with E-state index in [2.05, 4.69) is 10.1 Å². The average Bonchev–Trinajstić information content (AvgIpc) is 2.74. The van der Waals surface area contributed by atoms with E-state index in [0.29, 0.717) is 37.2 Å². The van der Waals surface area contributed by atoms with Crippen molar-refractivity contribution in [2.24, 2.45) is 5.92 Å². The van der Waals surface area contributed by atoms with Gasteiger partial charge < -0.3 is 10.1 Å². The highest BCUT2D eigenvalue weighted by Gasteiger charge is 2.31. The van der Waals surface area contributed by atoms with Crippen molar-refractivity contribution < 1.29 is 27.5 Å². The summed E-state index contributed by atoms with van der Waals surface area (Å²) in [6.07, 6.45) is -3.41. The van der Waals surface area contributed by atoms with Gasteiger partial charge in [-0.1, -0.05) is 30.3 Å². The molecule has 8 heteroatoms. The third-order valence-electron chi connectivity index (χ3n) is 5.24. The van der Waals surface area contributed by atoms with Crippen molar-refractivity contribution in [1.29, 1.82) is 0 Å². The molecule has 1 unspecified atom stereocenters. The predicted octanol–water partition coefficient (Wildman–Crippen LogP) is 4.51. The molecule has 0 aliphatic carbocycles. The molecule has 1 amide bonds. The quantitative estimate of drug-likeness (QED) is 0.699. The van der Waals surface area contributed by atoms with Gasteiger partial charge in [0.25, 0.3) is 0 Å². The second kappa shape index (κ2) is 9.30. The summed E-state index contributed by atoms with van der Waals surface area (Å²) in [5.41, 5.74) is 1.09. The van der Waals surface area contributed by atoms with Crippen molar-refractivity contribution in [1.82, 2.24) is 4.90 Å². The minimum Gasteiger partial charge on any atom is -0.406 e. The van der Waals surface area contributed by atoms with Crippen LogP contribution in [0.5, 0.6) is 5.75 Å². The molecule has 2 aromatic carbocycles. The van der Waals surface area contributed by atoms with Crippen LogP contribution in [0.1, 0.15) is 30.1 Å². The van der Waals surface area contributed by atoms with Crippen LogP contribution in [0.2, 0.25) is 0 Å². The lowest BCUT2D eigenvalue weighted by Gasteiger charge is -2.34. The molecule has 1 aliphatic heterocycles. The number of halogens is 3. The van der Waals surface area contributed by atoms with Crippen molar-refractivity contribution in [2.75, 3.05) is 18.4 Å². The third-order valence-corrected chi connectivity index (χ3v) is 5.24. The Kier molecular flexibility index (Phi) is 6.77. The lowest BCUT2D eigenvalue weighted by molar-refractivity contribution is -0.274. The highest BCUT2D eigenvalue weighted by atomic mass is 19.4. The van der Waals surface area contributed by atoms with Crippen molar-refractivity contribution in [3.8, 4) is 5.75 Å².